The van der Waals surface area contributed by atoms with Gasteiger partial charge in [0.15, 0.2) is 11.5 Å². The summed E-state index contributed by atoms with van der Waals surface area (Å²) >= 11 is 6.61. The first kappa shape index (κ1) is 26.4. The zero-order valence-electron chi connectivity index (χ0n) is 22.2. The number of aromatic nitrogens is 2. The molecule has 2 heterocycles. The van der Waals surface area contributed by atoms with Gasteiger partial charge >= 0.3 is 0 Å². The molecule has 1 aliphatic rings. The Morgan fingerprint density at radius 2 is 1.66 bits per heavy atom. The molecule has 41 heavy (non-hydrogen) atoms. The van der Waals surface area contributed by atoms with Gasteiger partial charge in [0.25, 0.3) is 0 Å². The minimum absolute atomic E-state index is 0.0591. The molecule has 0 bridgehead atoms. The first-order chi connectivity index (χ1) is 20.1. The summed E-state index contributed by atoms with van der Waals surface area (Å²) < 4.78 is 23.0. The van der Waals surface area contributed by atoms with E-state index in [4.69, 9.17) is 30.5 Å². The Balaban J connectivity index is 1.14. The van der Waals surface area contributed by atoms with Crippen LogP contribution in [0.2, 0.25) is 5.02 Å². The Hall–Kier alpha value is -4.82. The molecule has 0 spiro atoms. The number of nitrogens with one attached hydrogen (secondary N) is 1. The molecule has 0 unspecified atom stereocenters. The molecule has 6 rings (SSSR count). The van der Waals surface area contributed by atoms with Gasteiger partial charge in [-0.25, -0.2) is 9.97 Å². The molecule has 8 nitrogen and oxygen atoms in total. The second kappa shape index (κ2) is 11.7. The molecule has 0 radical (unpaired) electrons. The number of hydrogen-bond donors (Lipinski definition) is 1. The van der Waals surface area contributed by atoms with Crippen LogP contribution in [0, 0.1) is 0 Å². The molecule has 5 aromatic rings. The number of halogens is 1. The Kier molecular flexibility index (Phi) is 7.56. The monoisotopic (exact) mass is 567 g/mol. The fourth-order valence-corrected chi connectivity index (χ4v) is 4.91. The molecule has 4 aromatic carbocycles. The molecular formula is C32H26ClN3O5. The Labute approximate surface area is 241 Å². The van der Waals surface area contributed by atoms with Gasteiger partial charge in [0.1, 0.15) is 42.6 Å². The molecule has 0 saturated carbocycles. The summed E-state index contributed by atoms with van der Waals surface area (Å²) in [5.41, 5.74) is 3.02. The van der Waals surface area contributed by atoms with Gasteiger partial charge in [0.05, 0.1) is 18.0 Å². The van der Waals surface area contributed by atoms with Crippen LogP contribution in [0.1, 0.15) is 11.1 Å². The largest absolute Gasteiger partial charge is 0.493 e. The number of nitrogens with zero attached hydrogens (tertiary/aromatic N) is 2. The summed E-state index contributed by atoms with van der Waals surface area (Å²) in [6, 6.07) is 24.4. The molecule has 0 amide bonds. The Morgan fingerprint density at radius 3 is 2.41 bits per heavy atom. The second-order valence-corrected chi connectivity index (χ2v) is 9.84. The van der Waals surface area contributed by atoms with E-state index in [1.54, 1.807) is 19.2 Å². The smallest absolute Gasteiger partial charge is 0.204 e. The van der Waals surface area contributed by atoms with E-state index in [0.717, 1.165) is 16.9 Å². The van der Waals surface area contributed by atoms with Gasteiger partial charge < -0.3 is 24.3 Å². The molecule has 0 aliphatic carbocycles. The maximum Gasteiger partial charge on any atom is 0.204 e. The predicted molar refractivity (Wildman–Crippen MR) is 157 cm³/mol. The minimum atomic E-state index is 0.0591. The summed E-state index contributed by atoms with van der Waals surface area (Å²) in [6.45, 7) is 0.832. The van der Waals surface area contributed by atoms with E-state index in [-0.39, 0.29) is 12.2 Å². The van der Waals surface area contributed by atoms with Crippen molar-refractivity contribution in [1.82, 2.24) is 9.97 Å². The average molecular weight is 568 g/mol. The topological polar surface area (TPSA) is 91.8 Å². The van der Waals surface area contributed by atoms with Gasteiger partial charge in [-0.1, -0.05) is 48.0 Å². The lowest BCUT2D eigenvalue weighted by atomic mass is 10.0. The average Bonchev–Trinajstić information content (AvgIpc) is 2.99. The van der Waals surface area contributed by atoms with Crippen LogP contribution < -0.4 is 24.3 Å². The van der Waals surface area contributed by atoms with Gasteiger partial charge in [-0.15, -0.1) is 0 Å². The standard InChI is InChI=1S/C32H26ClN3O5/c1-38-28-18-27-29(31-30(28)39-13-14-40-31)32(35-19-34-27)36-22-10-9-21(26(33)17-22)16-23(37)15-20-7-11-25(12-8-20)41-24-5-3-2-4-6-24/h2-12,17-19H,13-16H2,1H3,(H,34,35,36). The van der Waals surface area contributed by atoms with Gasteiger partial charge in [-0.3, -0.25) is 4.79 Å². The lowest BCUT2D eigenvalue weighted by molar-refractivity contribution is -0.117. The maximum atomic E-state index is 12.9. The van der Waals surface area contributed by atoms with Crippen molar-refractivity contribution in [2.75, 3.05) is 25.6 Å². The molecule has 1 N–H and O–H groups in total. The zero-order valence-corrected chi connectivity index (χ0v) is 23.0. The number of carbonyl (C=O) groups is 1. The van der Waals surface area contributed by atoms with Crippen molar-refractivity contribution in [2.45, 2.75) is 12.8 Å². The SMILES string of the molecule is COc1cc2ncnc(Nc3ccc(CC(=O)Cc4ccc(Oc5ccccc5)cc4)c(Cl)c3)c2c2c1OCCO2. The highest BCUT2D eigenvalue weighted by Gasteiger charge is 2.24. The van der Waals surface area contributed by atoms with Crippen LogP contribution in [0.15, 0.2) is 85.2 Å². The Bertz CT molecular complexity index is 1710. The molecule has 0 fully saturated rings. The van der Waals surface area contributed by atoms with Crippen molar-refractivity contribution in [3.05, 3.63) is 101 Å². The molecule has 9 heteroatoms. The zero-order chi connectivity index (χ0) is 28.2. The van der Waals surface area contributed by atoms with E-state index in [1.807, 2.05) is 66.7 Å². The fraction of sp³-hybridized carbons (Fsp3) is 0.156. The number of ether oxygens (including phenoxy) is 4. The number of para-hydroxylation sites is 1. The fourth-order valence-electron chi connectivity index (χ4n) is 4.66. The van der Waals surface area contributed by atoms with E-state index < -0.39 is 0 Å². The number of hydrogen-bond acceptors (Lipinski definition) is 8. The van der Waals surface area contributed by atoms with E-state index >= 15 is 0 Å². The van der Waals surface area contributed by atoms with Gasteiger partial charge in [-0.05, 0) is 47.5 Å². The number of anilines is 2. The molecule has 0 atom stereocenters. The van der Waals surface area contributed by atoms with E-state index in [2.05, 4.69) is 15.3 Å². The maximum absolute atomic E-state index is 12.9. The minimum Gasteiger partial charge on any atom is -0.493 e. The molecule has 1 aromatic heterocycles. The highest BCUT2D eigenvalue weighted by atomic mass is 35.5. The second-order valence-electron chi connectivity index (χ2n) is 9.43. The summed E-state index contributed by atoms with van der Waals surface area (Å²) in [5.74, 6) is 3.68. The first-order valence-corrected chi connectivity index (χ1v) is 13.5. The van der Waals surface area contributed by atoms with Crippen molar-refractivity contribution in [3.63, 3.8) is 0 Å². The number of Topliss-reactive ketones (excluding diaryl/α,β-unsaturated/α-hetero) is 1. The van der Waals surface area contributed by atoms with Gasteiger partial charge in [0.2, 0.25) is 5.75 Å². The lowest BCUT2D eigenvalue weighted by Crippen LogP contribution is -2.16. The van der Waals surface area contributed by atoms with E-state index in [9.17, 15) is 4.79 Å². The van der Waals surface area contributed by atoms with Crippen molar-refractivity contribution in [1.29, 1.82) is 0 Å². The van der Waals surface area contributed by atoms with Gasteiger partial charge in [0, 0.05) is 29.6 Å². The van der Waals surface area contributed by atoms with Crippen LogP contribution in [0.3, 0.4) is 0 Å². The molecule has 1 aliphatic heterocycles. The van der Waals surface area contributed by atoms with E-state index in [0.29, 0.717) is 70.1 Å². The Morgan fingerprint density at radius 1 is 0.902 bits per heavy atom. The quantitative estimate of drug-likeness (QED) is 0.204. The number of ketones is 1. The highest BCUT2D eigenvalue weighted by Crippen LogP contribution is 2.47. The predicted octanol–water partition coefficient (Wildman–Crippen LogP) is 6.95. The van der Waals surface area contributed by atoms with Gasteiger partial charge in [-0.2, -0.15) is 0 Å². The summed E-state index contributed by atoms with van der Waals surface area (Å²) in [5, 5.41) is 4.47. The highest BCUT2D eigenvalue weighted by molar-refractivity contribution is 6.31. The van der Waals surface area contributed by atoms with Crippen LogP contribution >= 0.6 is 11.6 Å². The van der Waals surface area contributed by atoms with Crippen LogP contribution in [0.25, 0.3) is 10.9 Å². The molecule has 206 valence electrons. The lowest BCUT2D eigenvalue weighted by Gasteiger charge is -2.23. The van der Waals surface area contributed by atoms with Crippen molar-refractivity contribution < 1.29 is 23.7 Å². The summed E-state index contributed by atoms with van der Waals surface area (Å²) in [6.07, 6.45) is 1.98. The number of carbonyl (C=O) groups excluding carboxylic acids is 1. The van der Waals surface area contributed by atoms with E-state index in [1.165, 1.54) is 6.33 Å². The normalized spacial score (nSPS) is 12.1. The van der Waals surface area contributed by atoms with Crippen LogP contribution in [0.5, 0.6) is 28.7 Å². The number of fused-ring (bicyclic) bond motifs is 3. The summed E-state index contributed by atoms with van der Waals surface area (Å²) in [7, 11) is 1.58. The first-order valence-electron chi connectivity index (χ1n) is 13.1. The number of benzene rings is 4. The van der Waals surface area contributed by atoms with Crippen molar-refractivity contribution in [2.24, 2.45) is 0 Å². The molecular weight excluding hydrogens is 542 g/mol. The number of rotatable bonds is 9. The van der Waals surface area contributed by atoms with Crippen LogP contribution in [-0.4, -0.2) is 36.1 Å². The number of methoxy groups -OCH3 is 1. The van der Waals surface area contributed by atoms with Crippen LogP contribution in [-0.2, 0) is 17.6 Å². The van der Waals surface area contributed by atoms with Crippen molar-refractivity contribution >= 4 is 39.8 Å². The van der Waals surface area contributed by atoms with Crippen molar-refractivity contribution in [3.8, 4) is 28.7 Å². The third kappa shape index (κ3) is 5.88. The van der Waals surface area contributed by atoms with Crippen LogP contribution in [0.4, 0.5) is 11.5 Å². The summed E-state index contributed by atoms with van der Waals surface area (Å²) in [4.78, 5) is 21.7. The third-order valence-electron chi connectivity index (χ3n) is 6.60. The molecule has 0 saturated heterocycles. The third-order valence-corrected chi connectivity index (χ3v) is 6.96.